The van der Waals surface area contributed by atoms with Crippen LogP contribution in [0.2, 0.25) is 0 Å². The first-order chi connectivity index (χ1) is 23.3. The molecule has 1 aliphatic heterocycles. The van der Waals surface area contributed by atoms with Gasteiger partial charge >= 0.3 is 11.9 Å². The summed E-state index contributed by atoms with van der Waals surface area (Å²) in [5, 5.41) is 1.90. The Labute approximate surface area is 288 Å². The minimum absolute atomic E-state index is 0.256. The molecule has 0 radical (unpaired) electrons. The fourth-order valence-corrected chi connectivity index (χ4v) is 6.39. The van der Waals surface area contributed by atoms with Crippen LogP contribution >= 0.6 is 11.8 Å². The maximum atomic E-state index is 13.1. The van der Waals surface area contributed by atoms with Gasteiger partial charge in [0.1, 0.15) is 17.2 Å². The SMILES string of the molecule is CCSc1cccc(OC(=O)c2ccc(OC(=O)c3ccc4cc(OCCCCCCOCC5(CC)COC5)ccc4c3)c(C)c2)c1C. The molecule has 48 heavy (non-hydrogen) atoms. The van der Waals surface area contributed by atoms with Crippen molar-refractivity contribution in [1.29, 1.82) is 0 Å². The van der Waals surface area contributed by atoms with Crippen LogP contribution in [0.15, 0.2) is 77.7 Å². The summed E-state index contributed by atoms with van der Waals surface area (Å²) in [6.07, 6.45) is 5.39. The van der Waals surface area contributed by atoms with Crippen molar-refractivity contribution in [3.05, 3.63) is 95.1 Å². The number of benzene rings is 4. The highest BCUT2D eigenvalue weighted by atomic mass is 32.2. The van der Waals surface area contributed by atoms with Gasteiger partial charge in [0.05, 0.1) is 37.6 Å². The number of rotatable bonds is 17. The van der Waals surface area contributed by atoms with E-state index >= 15 is 0 Å². The maximum absolute atomic E-state index is 13.1. The molecular weight excluding hydrogens is 625 g/mol. The summed E-state index contributed by atoms with van der Waals surface area (Å²) in [5.41, 5.74) is 2.67. The lowest BCUT2D eigenvalue weighted by molar-refractivity contribution is -0.150. The first-order valence-corrected chi connectivity index (χ1v) is 17.9. The zero-order valence-corrected chi connectivity index (χ0v) is 29.3. The second-order valence-electron chi connectivity index (χ2n) is 12.5. The molecule has 1 saturated heterocycles. The van der Waals surface area contributed by atoms with E-state index in [1.165, 1.54) is 0 Å². The highest BCUT2D eigenvalue weighted by molar-refractivity contribution is 7.99. The lowest BCUT2D eigenvalue weighted by Crippen LogP contribution is -2.45. The van der Waals surface area contributed by atoms with Crippen molar-refractivity contribution in [3.8, 4) is 17.2 Å². The molecule has 1 fully saturated rings. The molecular formula is C40H46O7S. The number of carbonyl (C=O) groups is 2. The molecule has 1 aliphatic rings. The molecule has 0 aromatic heterocycles. The molecule has 7 nitrogen and oxygen atoms in total. The molecule has 8 heteroatoms. The van der Waals surface area contributed by atoms with Crippen molar-refractivity contribution in [3.63, 3.8) is 0 Å². The Morgan fingerprint density at radius 3 is 2.17 bits per heavy atom. The predicted octanol–water partition coefficient (Wildman–Crippen LogP) is 9.39. The lowest BCUT2D eigenvalue weighted by atomic mass is 9.84. The van der Waals surface area contributed by atoms with Crippen molar-refractivity contribution in [2.45, 2.75) is 64.7 Å². The molecule has 4 aromatic rings. The highest BCUT2D eigenvalue weighted by Crippen LogP contribution is 2.32. The Kier molecular flexibility index (Phi) is 12.6. The number of fused-ring (bicyclic) bond motifs is 1. The first kappa shape index (κ1) is 35.5. The Morgan fingerprint density at radius 2 is 1.46 bits per heavy atom. The third-order valence-corrected chi connectivity index (χ3v) is 9.87. The molecule has 0 amide bonds. The summed E-state index contributed by atoms with van der Waals surface area (Å²) in [4.78, 5) is 27.1. The van der Waals surface area contributed by atoms with Gasteiger partial charge in [-0.3, -0.25) is 0 Å². The summed E-state index contributed by atoms with van der Waals surface area (Å²) in [5.74, 6) is 1.74. The van der Waals surface area contributed by atoms with Crippen LogP contribution in [0.5, 0.6) is 17.2 Å². The van der Waals surface area contributed by atoms with Gasteiger partial charge in [0.15, 0.2) is 0 Å². The van der Waals surface area contributed by atoms with Gasteiger partial charge in [-0.15, -0.1) is 11.8 Å². The Hall–Kier alpha value is -3.85. The van der Waals surface area contributed by atoms with Gasteiger partial charge in [-0.1, -0.05) is 38.5 Å². The van der Waals surface area contributed by atoms with Crippen molar-refractivity contribution in [2.24, 2.45) is 5.41 Å². The van der Waals surface area contributed by atoms with Crippen molar-refractivity contribution >= 4 is 34.5 Å². The van der Waals surface area contributed by atoms with Crippen molar-refractivity contribution < 1.29 is 33.3 Å². The van der Waals surface area contributed by atoms with Gasteiger partial charge in [-0.25, -0.2) is 9.59 Å². The quantitative estimate of drug-likeness (QED) is 0.0476. The fraction of sp³-hybridized carbons (Fsp3) is 0.400. The van der Waals surface area contributed by atoms with Gasteiger partial charge in [0.25, 0.3) is 0 Å². The molecule has 5 rings (SSSR count). The highest BCUT2D eigenvalue weighted by Gasteiger charge is 2.36. The normalized spacial score (nSPS) is 13.6. The zero-order chi connectivity index (χ0) is 33.9. The second-order valence-corrected chi connectivity index (χ2v) is 13.8. The van der Waals surface area contributed by atoms with E-state index in [1.54, 1.807) is 49.0 Å². The number of carbonyl (C=O) groups excluding carboxylic acids is 2. The zero-order valence-electron chi connectivity index (χ0n) is 28.5. The average molecular weight is 671 g/mol. The van der Waals surface area contributed by atoms with E-state index in [2.05, 4.69) is 13.8 Å². The maximum Gasteiger partial charge on any atom is 0.343 e. The first-order valence-electron chi connectivity index (χ1n) is 16.9. The van der Waals surface area contributed by atoms with Crippen LogP contribution in [-0.2, 0) is 9.47 Å². The van der Waals surface area contributed by atoms with E-state index in [0.717, 1.165) is 91.3 Å². The topological polar surface area (TPSA) is 80.3 Å². The monoisotopic (exact) mass is 670 g/mol. The van der Waals surface area contributed by atoms with Gasteiger partial charge in [0, 0.05) is 22.5 Å². The molecule has 0 N–H and O–H groups in total. The standard InChI is InChI=1S/C40H46O7S/c1-5-40(26-44-27-40)25-43-20-9-7-8-10-21-45-34-18-16-30-23-33(15-14-31(30)24-34)39(42)46-35-19-17-32(22-28(35)3)38(41)47-36-12-11-13-37(29(36)4)48-6-2/h11-19,22-24H,5-10,20-21,25-27H2,1-4H3. The molecule has 254 valence electrons. The molecule has 0 saturated carbocycles. The summed E-state index contributed by atoms with van der Waals surface area (Å²) in [6, 6.07) is 22.0. The van der Waals surface area contributed by atoms with Crippen LogP contribution in [0.25, 0.3) is 10.8 Å². The van der Waals surface area contributed by atoms with Gasteiger partial charge in [0.2, 0.25) is 0 Å². The van der Waals surface area contributed by atoms with E-state index in [1.807, 2.05) is 49.4 Å². The van der Waals surface area contributed by atoms with E-state index in [4.69, 9.17) is 23.7 Å². The summed E-state index contributed by atoms with van der Waals surface area (Å²) in [6.45, 7) is 12.0. The third kappa shape index (κ3) is 9.19. The predicted molar refractivity (Wildman–Crippen MR) is 191 cm³/mol. The Balaban J connectivity index is 1.07. The number of aryl methyl sites for hydroxylation is 1. The molecule has 0 spiro atoms. The summed E-state index contributed by atoms with van der Waals surface area (Å²) in [7, 11) is 0. The van der Waals surface area contributed by atoms with Crippen molar-refractivity contribution in [1.82, 2.24) is 0 Å². The van der Waals surface area contributed by atoms with Crippen LogP contribution in [0.1, 0.15) is 77.8 Å². The number of hydrogen-bond donors (Lipinski definition) is 0. The lowest BCUT2D eigenvalue weighted by Gasteiger charge is -2.40. The molecule has 1 heterocycles. The van der Waals surface area contributed by atoms with E-state index in [-0.39, 0.29) is 5.41 Å². The third-order valence-electron chi connectivity index (χ3n) is 8.82. The van der Waals surface area contributed by atoms with Crippen LogP contribution in [0.4, 0.5) is 0 Å². The number of thioether (sulfide) groups is 1. The molecule has 0 bridgehead atoms. The van der Waals surface area contributed by atoms with E-state index in [9.17, 15) is 9.59 Å². The minimum atomic E-state index is -0.469. The largest absolute Gasteiger partial charge is 0.494 e. The Bertz CT molecular complexity index is 1710. The second kappa shape index (κ2) is 17.0. The van der Waals surface area contributed by atoms with E-state index in [0.29, 0.717) is 34.8 Å². The average Bonchev–Trinajstić information content (AvgIpc) is 3.07. The fourth-order valence-electron chi connectivity index (χ4n) is 5.58. The smallest absolute Gasteiger partial charge is 0.343 e. The molecule has 0 aliphatic carbocycles. The van der Waals surface area contributed by atoms with Gasteiger partial charge in [-0.2, -0.15) is 0 Å². The van der Waals surface area contributed by atoms with E-state index < -0.39 is 11.9 Å². The van der Waals surface area contributed by atoms with Crippen LogP contribution in [0.3, 0.4) is 0 Å². The summed E-state index contributed by atoms with van der Waals surface area (Å²) < 4.78 is 28.7. The van der Waals surface area contributed by atoms with Gasteiger partial charge < -0.3 is 23.7 Å². The minimum Gasteiger partial charge on any atom is -0.494 e. The van der Waals surface area contributed by atoms with Crippen LogP contribution in [0, 0.1) is 19.3 Å². The number of esters is 2. The number of ether oxygens (including phenoxy) is 5. The Morgan fingerprint density at radius 1 is 0.771 bits per heavy atom. The van der Waals surface area contributed by atoms with Gasteiger partial charge in [-0.05, 0) is 116 Å². The molecule has 4 aromatic carbocycles. The van der Waals surface area contributed by atoms with Crippen molar-refractivity contribution in [2.75, 3.05) is 38.8 Å². The van der Waals surface area contributed by atoms with Crippen LogP contribution in [-0.4, -0.2) is 50.7 Å². The van der Waals surface area contributed by atoms with Crippen LogP contribution < -0.4 is 14.2 Å². The number of hydrogen-bond acceptors (Lipinski definition) is 8. The molecule has 0 unspecified atom stereocenters. The number of unbranched alkanes of at least 4 members (excludes halogenated alkanes) is 3. The molecule has 0 atom stereocenters. The summed E-state index contributed by atoms with van der Waals surface area (Å²) >= 11 is 1.71.